The number of carbonyl (C=O) groups excluding carboxylic acids is 1. The van der Waals surface area contributed by atoms with Crippen molar-refractivity contribution in [3.05, 3.63) is 59.2 Å². The van der Waals surface area contributed by atoms with Crippen molar-refractivity contribution in [1.82, 2.24) is 4.90 Å². The molecule has 0 fully saturated rings. The van der Waals surface area contributed by atoms with Gasteiger partial charge in [-0.05, 0) is 35.4 Å². The first-order chi connectivity index (χ1) is 15.2. The van der Waals surface area contributed by atoms with E-state index in [1.807, 2.05) is 0 Å². The maximum atomic E-state index is 13.3. The number of amides is 1. The number of ether oxygens (including phenoxy) is 2. The van der Waals surface area contributed by atoms with Crippen LogP contribution in [0.4, 0.5) is 17.6 Å². The second-order valence-electron chi connectivity index (χ2n) is 7.01. The molecule has 4 N–H and O–H groups in total. The molecule has 7 nitrogen and oxygen atoms in total. The summed E-state index contributed by atoms with van der Waals surface area (Å²) in [6.07, 6.45) is -2.96. The lowest BCUT2D eigenvalue weighted by atomic mass is 9.82. The summed E-state index contributed by atoms with van der Waals surface area (Å²) < 4.78 is 60.2. The molecule has 32 heavy (non-hydrogen) atoms. The van der Waals surface area contributed by atoms with Crippen LogP contribution >= 0.6 is 0 Å². The molecule has 11 heteroatoms. The van der Waals surface area contributed by atoms with Crippen molar-refractivity contribution in [3.63, 3.8) is 0 Å². The molecule has 2 aromatic carbocycles. The Morgan fingerprint density at radius 3 is 2.44 bits per heavy atom. The summed E-state index contributed by atoms with van der Waals surface area (Å²) in [5, 5.41) is 0. The van der Waals surface area contributed by atoms with Gasteiger partial charge in [-0.25, -0.2) is 13.8 Å². The van der Waals surface area contributed by atoms with E-state index >= 15 is 0 Å². The van der Waals surface area contributed by atoms with Crippen LogP contribution in [0.25, 0.3) is 0 Å². The predicted octanol–water partition coefficient (Wildman–Crippen LogP) is 2.81. The highest BCUT2D eigenvalue weighted by atomic mass is 19.3. The highest BCUT2D eigenvalue weighted by Crippen LogP contribution is 2.41. The summed E-state index contributed by atoms with van der Waals surface area (Å²) in [5.74, 6) is -0.414. The summed E-state index contributed by atoms with van der Waals surface area (Å²) in [6, 6.07) is 10.4. The molecule has 0 bridgehead atoms. The van der Waals surface area contributed by atoms with Gasteiger partial charge in [-0.2, -0.15) is 8.78 Å². The molecule has 0 aliphatic carbocycles. The Bertz CT molecular complexity index is 1020. The van der Waals surface area contributed by atoms with Crippen LogP contribution in [0.3, 0.4) is 0 Å². The summed E-state index contributed by atoms with van der Waals surface area (Å²) in [5.41, 5.74) is 10.9. The van der Waals surface area contributed by atoms with Crippen molar-refractivity contribution >= 4 is 11.9 Å². The molecule has 3 rings (SSSR count). The molecule has 1 amide bonds. The van der Waals surface area contributed by atoms with Gasteiger partial charge in [-0.3, -0.25) is 9.69 Å². The van der Waals surface area contributed by atoms with Crippen LogP contribution in [-0.4, -0.2) is 43.5 Å². The van der Waals surface area contributed by atoms with E-state index in [0.717, 1.165) is 4.90 Å². The number of rotatable bonds is 9. The van der Waals surface area contributed by atoms with Gasteiger partial charge in [-0.15, -0.1) is 0 Å². The fourth-order valence-corrected chi connectivity index (χ4v) is 3.44. The van der Waals surface area contributed by atoms with Gasteiger partial charge < -0.3 is 20.9 Å². The normalized spacial score (nSPS) is 18.4. The molecule has 0 radical (unpaired) electrons. The van der Waals surface area contributed by atoms with E-state index in [0.29, 0.717) is 11.1 Å². The number of halogens is 4. The summed E-state index contributed by atoms with van der Waals surface area (Å²) >= 11 is 0. The molecule has 0 spiro atoms. The third-order valence-corrected chi connectivity index (χ3v) is 5.01. The molecule has 0 saturated heterocycles. The van der Waals surface area contributed by atoms with Gasteiger partial charge >= 0.3 is 6.61 Å². The lowest BCUT2D eigenvalue weighted by Crippen LogP contribution is -2.41. The van der Waals surface area contributed by atoms with Gasteiger partial charge in [0.2, 0.25) is 6.43 Å². The topological polar surface area (TPSA) is 103 Å². The maximum Gasteiger partial charge on any atom is 0.387 e. The van der Waals surface area contributed by atoms with Crippen molar-refractivity contribution in [3.8, 4) is 11.5 Å². The Morgan fingerprint density at radius 2 is 1.84 bits per heavy atom. The van der Waals surface area contributed by atoms with Crippen molar-refractivity contribution in [2.75, 3.05) is 13.7 Å². The van der Waals surface area contributed by atoms with Gasteiger partial charge in [0.15, 0.2) is 11.5 Å². The lowest BCUT2D eigenvalue weighted by molar-refractivity contribution is -0.129. The first-order valence-corrected chi connectivity index (χ1v) is 9.62. The highest BCUT2D eigenvalue weighted by molar-refractivity contribution is 6.09. The van der Waals surface area contributed by atoms with E-state index in [2.05, 4.69) is 9.73 Å². The molecular formula is C21H22F4N4O3. The van der Waals surface area contributed by atoms with Crippen LogP contribution in [-0.2, 0) is 16.9 Å². The Kier molecular flexibility index (Phi) is 6.87. The molecule has 0 unspecified atom stereocenters. The Labute approximate surface area is 181 Å². The molecule has 1 aliphatic heterocycles. The minimum atomic E-state index is -3.05. The minimum absolute atomic E-state index is 0.0544. The number of alkyl halides is 4. The smallest absolute Gasteiger partial charge is 0.387 e. The van der Waals surface area contributed by atoms with Gasteiger partial charge in [0, 0.05) is 25.6 Å². The molecular weight excluding hydrogens is 432 g/mol. The first-order valence-electron chi connectivity index (χ1n) is 9.62. The highest BCUT2D eigenvalue weighted by Gasteiger charge is 2.49. The van der Waals surface area contributed by atoms with Crippen LogP contribution in [0, 0.1) is 0 Å². The third kappa shape index (κ3) is 4.47. The fourth-order valence-electron chi connectivity index (χ4n) is 3.44. The van der Waals surface area contributed by atoms with Crippen molar-refractivity contribution in [2.45, 2.75) is 31.5 Å². The van der Waals surface area contributed by atoms with Gasteiger partial charge in [0.1, 0.15) is 11.5 Å². The SMILES string of the molecule is CN1C(=O)[C@@](c2cccc(OCCC(F)F)c2)(c2ccc(OC(F)F)c(CN)c2)N=C1N. The van der Waals surface area contributed by atoms with Gasteiger partial charge in [0.05, 0.1) is 6.61 Å². The zero-order valence-electron chi connectivity index (χ0n) is 17.1. The third-order valence-electron chi connectivity index (χ3n) is 5.01. The Balaban J connectivity index is 2.10. The number of likely N-dealkylation sites (N-methyl/N-ethyl adjacent to an activating group) is 1. The van der Waals surface area contributed by atoms with Crippen molar-refractivity contribution in [2.24, 2.45) is 16.5 Å². The quantitative estimate of drug-likeness (QED) is 0.568. The van der Waals surface area contributed by atoms with E-state index in [1.165, 1.54) is 31.3 Å². The molecule has 172 valence electrons. The Hall–Kier alpha value is -3.34. The Morgan fingerprint density at radius 1 is 1.12 bits per heavy atom. The van der Waals surface area contributed by atoms with E-state index in [-0.39, 0.29) is 36.2 Å². The molecule has 2 aromatic rings. The molecule has 0 aromatic heterocycles. The zero-order chi connectivity index (χ0) is 23.5. The van der Waals surface area contributed by atoms with Crippen LogP contribution in [0.1, 0.15) is 23.1 Å². The molecule has 0 saturated carbocycles. The van der Waals surface area contributed by atoms with E-state index < -0.39 is 30.9 Å². The number of hydrogen-bond acceptors (Lipinski definition) is 6. The number of nitrogens with zero attached hydrogens (tertiary/aromatic N) is 2. The van der Waals surface area contributed by atoms with Crippen LogP contribution in [0.2, 0.25) is 0 Å². The number of carbonyl (C=O) groups is 1. The zero-order valence-corrected chi connectivity index (χ0v) is 17.1. The second kappa shape index (κ2) is 9.43. The van der Waals surface area contributed by atoms with Crippen LogP contribution < -0.4 is 20.9 Å². The van der Waals surface area contributed by atoms with Crippen LogP contribution in [0.5, 0.6) is 11.5 Å². The first kappa shape index (κ1) is 23.3. The van der Waals surface area contributed by atoms with E-state index in [9.17, 15) is 22.4 Å². The standard InChI is InChI=1S/C21H22F4N4O3/c1-29-18(30)21(28-20(29)27,13-3-2-4-15(10-13)31-8-7-17(22)23)14-5-6-16(32-19(24)25)12(9-14)11-26/h2-6,9-10,17,19H,7-8,11,26H2,1H3,(H2,27,28)/t21-/m1/s1. The summed E-state index contributed by atoms with van der Waals surface area (Å²) in [4.78, 5) is 18.9. The molecule has 1 atom stereocenters. The molecule has 1 aliphatic rings. The van der Waals surface area contributed by atoms with Crippen molar-refractivity contribution in [1.29, 1.82) is 0 Å². The summed E-state index contributed by atoms with van der Waals surface area (Å²) in [7, 11) is 1.45. The average Bonchev–Trinajstić information content (AvgIpc) is 2.98. The van der Waals surface area contributed by atoms with E-state index in [1.54, 1.807) is 18.2 Å². The number of hydrogen-bond donors (Lipinski definition) is 2. The predicted molar refractivity (Wildman–Crippen MR) is 109 cm³/mol. The lowest BCUT2D eigenvalue weighted by Gasteiger charge is -2.27. The number of aliphatic imine (C=N–C) groups is 1. The fraction of sp³-hybridized carbons (Fsp3) is 0.333. The van der Waals surface area contributed by atoms with Gasteiger partial charge in [-0.1, -0.05) is 18.2 Å². The largest absolute Gasteiger partial charge is 0.493 e. The number of guanidine groups is 1. The number of benzene rings is 2. The van der Waals surface area contributed by atoms with Gasteiger partial charge in [0.25, 0.3) is 5.91 Å². The molecule has 1 heterocycles. The van der Waals surface area contributed by atoms with E-state index in [4.69, 9.17) is 16.2 Å². The van der Waals surface area contributed by atoms with Crippen molar-refractivity contribution < 1.29 is 31.8 Å². The number of nitrogens with two attached hydrogens (primary N) is 2. The average molecular weight is 454 g/mol. The second-order valence-corrected chi connectivity index (χ2v) is 7.01. The monoisotopic (exact) mass is 454 g/mol. The minimum Gasteiger partial charge on any atom is -0.493 e. The maximum absolute atomic E-state index is 13.3. The summed E-state index contributed by atoms with van der Waals surface area (Å²) in [6.45, 7) is -3.40. The van der Waals surface area contributed by atoms with Crippen LogP contribution in [0.15, 0.2) is 47.5 Å².